The number of allylic oxidation sites excluding steroid dienone is 1. The molecule has 0 N–H and O–H groups in total. The smallest absolute Gasteiger partial charge is 0.354 e. The highest BCUT2D eigenvalue weighted by Gasteiger charge is 2.16. The molecule has 0 saturated heterocycles. The molecule has 0 fully saturated rings. The van der Waals surface area contributed by atoms with Crippen molar-refractivity contribution in [1.29, 1.82) is 5.26 Å². The van der Waals surface area contributed by atoms with Gasteiger partial charge in [0.25, 0.3) is 0 Å². The zero-order valence-electron chi connectivity index (χ0n) is 6.40. The van der Waals surface area contributed by atoms with Gasteiger partial charge in [-0.25, -0.2) is 4.79 Å². The predicted molar refractivity (Wildman–Crippen MR) is 37.3 cm³/mol. The van der Waals surface area contributed by atoms with Crippen LogP contribution in [-0.4, -0.2) is 19.2 Å². The summed E-state index contributed by atoms with van der Waals surface area (Å²) in [5.74, 6) is -0.701. The monoisotopic (exact) mass is 155 g/mol. The van der Waals surface area contributed by atoms with Gasteiger partial charge in [0.05, 0.1) is 6.26 Å². The Hall–Kier alpha value is -1.34. The lowest BCUT2D eigenvalue weighted by atomic mass is 10.4. The summed E-state index contributed by atoms with van der Waals surface area (Å²) >= 11 is 0. The number of nitriles is 1. The summed E-state index contributed by atoms with van der Waals surface area (Å²) in [6, 6.07) is 1.63. The van der Waals surface area contributed by atoms with Crippen molar-refractivity contribution in [3.05, 3.63) is 12.3 Å². The topological polar surface area (TPSA) is 59.3 Å². The maximum atomic E-state index is 10.7. The number of nitrogens with zero attached hydrogens (tertiary/aromatic N) is 1. The summed E-state index contributed by atoms with van der Waals surface area (Å²) in [6.07, 6.45) is 1.61. The van der Waals surface area contributed by atoms with Crippen LogP contribution in [0.3, 0.4) is 0 Å². The minimum atomic E-state index is -1.13. The standard InChI is InChI=1S/C7H9NO3/c1-3-4-11-7(9)6(5-8)10-2/h3-4,6H,1-2H3. The molecule has 0 aliphatic rings. The maximum Gasteiger partial charge on any atom is 0.354 e. The van der Waals surface area contributed by atoms with Crippen LogP contribution in [0.2, 0.25) is 0 Å². The lowest BCUT2D eigenvalue weighted by Crippen LogP contribution is -2.21. The summed E-state index contributed by atoms with van der Waals surface area (Å²) in [5, 5.41) is 8.30. The fourth-order valence-corrected chi connectivity index (χ4v) is 0.399. The molecule has 0 aromatic carbocycles. The van der Waals surface area contributed by atoms with E-state index in [1.165, 1.54) is 13.4 Å². The first-order valence-corrected chi connectivity index (χ1v) is 3.00. The molecule has 0 aromatic rings. The fraction of sp³-hybridized carbons (Fsp3) is 0.429. The van der Waals surface area contributed by atoms with E-state index in [-0.39, 0.29) is 0 Å². The van der Waals surface area contributed by atoms with Gasteiger partial charge in [0.15, 0.2) is 0 Å². The summed E-state index contributed by atoms with van der Waals surface area (Å²) in [5.41, 5.74) is 0. The molecule has 0 aliphatic heterocycles. The van der Waals surface area contributed by atoms with Crippen molar-refractivity contribution < 1.29 is 14.3 Å². The van der Waals surface area contributed by atoms with Gasteiger partial charge in [-0.1, -0.05) is 6.08 Å². The molecule has 0 aliphatic carbocycles. The van der Waals surface area contributed by atoms with Crippen LogP contribution in [0.1, 0.15) is 6.92 Å². The third-order valence-electron chi connectivity index (χ3n) is 0.887. The number of hydrogen-bond acceptors (Lipinski definition) is 4. The number of methoxy groups -OCH3 is 1. The average molecular weight is 155 g/mol. The number of rotatable bonds is 3. The molecule has 11 heavy (non-hydrogen) atoms. The SMILES string of the molecule is CC=COC(=O)C(C#N)OC. The Morgan fingerprint density at radius 1 is 1.73 bits per heavy atom. The first-order valence-electron chi connectivity index (χ1n) is 3.00. The van der Waals surface area contributed by atoms with E-state index in [0.29, 0.717) is 0 Å². The Morgan fingerprint density at radius 3 is 2.73 bits per heavy atom. The molecule has 0 heterocycles. The van der Waals surface area contributed by atoms with Gasteiger partial charge in [0.2, 0.25) is 6.10 Å². The van der Waals surface area contributed by atoms with Gasteiger partial charge < -0.3 is 9.47 Å². The second-order valence-electron chi connectivity index (χ2n) is 1.65. The fourth-order valence-electron chi connectivity index (χ4n) is 0.399. The molecule has 4 nitrogen and oxygen atoms in total. The number of ether oxygens (including phenoxy) is 2. The normalized spacial score (nSPS) is 12.5. The second kappa shape index (κ2) is 5.45. The molecular weight excluding hydrogens is 146 g/mol. The largest absolute Gasteiger partial charge is 0.432 e. The Bertz CT molecular complexity index is 192. The van der Waals surface area contributed by atoms with Crippen LogP contribution < -0.4 is 0 Å². The van der Waals surface area contributed by atoms with E-state index in [1.807, 2.05) is 0 Å². The number of carbonyl (C=O) groups is 1. The molecular formula is C7H9NO3. The van der Waals surface area contributed by atoms with E-state index >= 15 is 0 Å². The molecule has 60 valence electrons. The molecule has 0 rings (SSSR count). The molecule has 0 spiro atoms. The first kappa shape index (κ1) is 9.66. The molecule has 4 heteroatoms. The minimum Gasteiger partial charge on any atom is -0.432 e. The Morgan fingerprint density at radius 2 is 2.36 bits per heavy atom. The van der Waals surface area contributed by atoms with Crippen molar-refractivity contribution in [3.8, 4) is 6.07 Å². The lowest BCUT2D eigenvalue weighted by molar-refractivity contribution is -0.146. The van der Waals surface area contributed by atoms with E-state index < -0.39 is 12.1 Å². The van der Waals surface area contributed by atoms with Crippen LogP contribution in [0, 0.1) is 11.3 Å². The zero-order chi connectivity index (χ0) is 8.69. The maximum absolute atomic E-state index is 10.7. The lowest BCUT2D eigenvalue weighted by Gasteiger charge is -2.02. The van der Waals surface area contributed by atoms with Crippen LogP contribution >= 0.6 is 0 Å². The van der Waals surface area contributed by atoms with Crippen LogP contribution in [0.5, 0.6) is 0 Å². The van der Waals surface area contributed by atoms with Crippen LogP contribution in [0.15, 0.2) is 12.3 Å². The average Bonchev–Trinajstić information content (AvgIpc) is 2.03. The molecule has 1 atom stereocenters. The van der Waals surface area contributed by atoms with Crippen molar-refractivity contribution in [2.45, 2.75) is 13.0 Å². The Labute approximate surface area is 65.0 Å². The quantitative estimate of drug-likeness (QED) is 0.442. The van der Waals surface area contributed by atoms with Gasteiger partial charge in [-0.3, -0.25) is 0 Å². The molecule has 0 amide bonds. The third-order valence-corrected chi connectivity index (χ3v) is 0.887. The zero-order valence-corrected chi connectivity index (χ0v) is 6.40. The van der Waals surface area contributed by atoms with E-state index in [9.17, 15) is 4.79 Å². The van der Waals surface area contributed by atoms with Crippen molar-refractivity contribution in [1.82, 2.24) is 0 Å². The van der Waals surface area contributed by atoms with E-state index in [0.717, 1.165) is 0 Å². The van der Waals surface area contributed by atoms with E-state index in [4.69, 9.17) is 5.26 Å². The third kappa shape index (κ3) is 3.38. The van der Waals surface area contributed by atoms with Gasteiger partial charge in [-0.15, -0.1) is 0 Å². The van der Waals surface area contributed by atoms with E-state index in [1.54, 1.807) is 19.1 Å². The summed E-state index contributed by atoms with van der Waals surface area (Å²) in [6.45, 7) is 1.70. The van der Waals surface area contributed by atoms with Crippen molar-refractivity contribution in [3.63, 3.8) is 0 Å². The predicted octanol–water partition coefficient (Wildman–Crippen LogP) is 0.602. The second-order valence-corrected chi connectivity index (χ2v) is 1.65. The van der Waals surface area contributed by atoms with Crippen LogP contribution in [0.4, 0.5) is 0 Å². The van der Waals surface area contributed by atoms with Crippen molar-refractivity contribution in [2.75, 3.05) is 7.11 Å². The number of hydrogen-bond donors (Lipinski definition) is 0. The molecule has 1 unspecified atom stereocenters. The van der Waals surface area contributed by atoms with Gasteiger partial charge in [0.1, 0.15) is 6.07 Å². The van der Waals surface area contributed by atoms with Crippen LogP contribution in [0.25, 0.3) is 0 Å². The van der Waals surface area contributed by atoms with Gasteiger partial charge >= 0.3 is 5.97 Å². The van der Waals surface area contributed by atoms with E-state index in [2.05, 4.69) is 9.47 Å². The molecule has 0 bridgehead atoms. The number of carbonyl (C=O) groups excluding carboxylic acids is 1. The van der Waals surface area contributed by atoms with Gasteiger partial charge in [0, 0.05) is 7.11 Å². The molecule has 0 saturated carbocycles. The Kier molecular flexibility index (Phi) is 4.78. The highest BCUT2D eigenvalue weighted by atomic mass is 16.6. The summed E-state index contributed by atoms with van der Waals surface area (Å²) in [4.78, 5) is 10.7. The van der Waals surface area contributed by atoms with Crippen LogP contribution in [-0.2, 0) is 14.3 Å². The first-order chi connectivity index (χ1) is 5.26. The molecule has 0 radical (unpaired) electrons. The van der Waals surface area contributed by atoms with Crippen molar-refractivity contribution in [2.24, 2.45) is 0 Å². The highest BCUT2D eigenvalue weighted by molar-refractivity contribution is 5.78. The van der Waals surface area contributed by atoms with Gasteiger partial charge in [-0.05, 0) is 6.92 Å². The highest BCUT2D eigenvalue weighted by Crippen LogP contribution is 1.92. The Balaban J connectivity index is 3.92. The minimum absolute atomic E-state index is 0.701. The number of esters is 1. The van der Waals surface area contributed by atoms with Crippen molar-refractivity contribution >= 4 is 5.97 Å². The summed E-state index contributed by atoms with van der Waals surface area (Å²) < 4.78 is 8.96. The summed E-state index contributed by atoms with van der Waals surface area (Å²) in [7, 11) is 1.27. The van der Waals surface area contributed by atoms with Gasteiger partial charge in [-0.2, -0.15) is 5.26 Å². The molecule has 0 aromatic heterocycles.